The zero-order valence-corrected chi connectivity index (χ0v) is 18.8. The summed E-state index contributed by atoms with van der Waals surface area (Å²) in [7, 11) is 2.74. The quantitative estimate of drug-likeness (QED) is 0.427. The second kappa shape index (κ2) is 9.03. The van der Waals surface area contributed by atoms with Gasteiger partial charge in [-0.1, -0.05) is 12.1 Å². The van der Waals surface area contributed by atoms with Crippen molar-refractivity contribution < 1.29 is 9.53 Å². The summed E-state index contributed by atoms with van der Waals surface area (Å²) in [4.78, 5) is 38.1. The van der Waals surface area contributed by atoms with E-state index in [2.05, 4.69) is 11.2 Å². The molecule has 170 valence electrons. The molecule has 34 heavy (non-hydrogen) atoms. The van der Waals surface area contributed by atoms with Crippen LogP contribution < -0.4 is 11.2 Å². The Morgan fingerprint density at radius 1 is 1.09 bits per heavy atom. The van der Waals surface area contributed by atoms with Gasteiger partial charge in [0.25, 0.3) is 5.56 Å². The number of nitriles is 1. The lowest BCUT2D eigenvalue weighted by atomic mass is 10.1. The average Bonchev–Trinajstić information content (AvgIpc) is 3.32. The second-order valence-corrected chi connectivity index (χ2v) is 7.65. The van der Waals surface area contributed by atoms with Crippen molar-refractivity contribution in [3.63, 3.8) is 0 Å². The Morgan fingerprint density at radius 3 is 2.50 bits per heavy atom. The molecule has 0 amide bonds. The normalized spacial score (nSPS) is 10.6. The Hall–Kier alpha value is -4.71. The Bertz CT molecular complexity index is 1550. The maximum Gasteiger partial charge on any atom is 0.335 e. The van der Waals surface area contributed by atoms with Crippen LogP contribution in [0.4, 0.5) is 0 Å². The maximum absolute atomic E-state index is 13.2. The molecule has 0 atom stereocenters. The highest BCUT2D eigenvalue weighted by molar-refractivity contribution is 5.72. The van der Waals surface area contributed by atoms with Gasteiger partial charge in [0.15, 0.2) is 0 Å². The molecule has 0 saturated heterocycles. The van der Waals surface area contributed by atoms with Crippen molar-refractivity contribution in [2.24, 2.45) is 7.05 Å². The van der Waals surface area contributed by atoms with E-state index in [9.17, 15) is 14.4 Å². The third-order valence-electron chi connectivity index (χ3n) is 5.58. The molecular formula is C25H21N5O4. The molecule has 0 bridgehead atoms. The van der Waals surface area contributed by atoms with Gasteiger partial charge in [0, 0.05) is 12.7 Å². The summed E-state index contributed by atoms with van der Waals surface area (Å²) in [6, 6.07) is 17.5. The van der Waals surface area contributed by atoms with Crippen molar-refractivity contribution in [3.05, 3.63) is 98.5 Å². The van der Waals surface area contributed by atoms with E-state index in [1.807, 2.05) is 0 Å². The molecule has 0 aliphatic carbocycles. The number of aromatic nitrogens is 4. The fourth-order valence-corrected chi connectivity index (χ4v) is 3.83. The monoisotopic (exact) mass is 455 g/mol. The average molecular weight is 455 g/mol. The Kier molecular flexibility index (Phi) is 5.97. The number of nitrogens with zero attached hydrogens (tertiary/aromatic N) is 5. The van der Waals surface area contributed by atoms with Crippen LogP contribution in [-0.2, 0) is 23.0 Å². The van der Waals surface area contributed by atoms with Gasteiger partial charge in [0.1, 0.15) is 0 Å². The van der Waals surface area contributed by atoms with Crippen LogP contribution in [0.2, 0.25) is 0 Å². The zero-order chi connectivity index (χ0) is 24.4. The first kappa shape index (κ1) is 22.5. The minimum absolute atomic E-state index is 0.0578. The number of carbonyl (C=O) groups excluding carboxylic acids is 1. The molecular weight excluding hydrogens is 434 g/mol. The minimum Gasteiger partial charge on any atom is -0.469 e. The van der Waals surface area contributed by atoms with Crippen molar-refractivity contribution in [2.75, 3.05) is 7.11 Å². The summed E-state index contributed by atoms with van der Waals surface area (Å²) < 4.78 is 8.82. The number of methoxy groups -OCH3 is 1. The molecule has 2 aromatic carbocycles. The molecule has 2 heterocycles. The fourth-order valence-electron chi connectivity index (χ4n) is 3.83. The third-order valence-corrected chi connectivity index (χ3v) is 5.58. The minimum atomic E-state index is -0.508. The van der Waals surface area contributed by atoms with Crippen LogP contribution in [0.3, 0.4) is 0 Å². The number of esters is 1. The Morgan fingerprint density at radius 2 is 1.82 bits per heavy atom. The van der Waals surface area contributed by atoms with Crippen LogP contribution in [0, 0.1) is 18.3 Å². The highest BCUT2D eigenvalue weighted by atomic mass is 16.5. The first-order valence-corrected chi connectivity index (χ1v) is 10.4. The second-order valence-electron chi connectivity index (χ2n) is 7.65. The van der Waals surface area contributed by atoms with Gasteiger partial charge in [-0.05, 0) is 55.0 Å². The summed E-state index contributed by atoms with van der Waals surface area (Å²) in [6.45, 7) is 1.70. The molecule has 0 aliphatic rings. The highest BCUT2D eigenvalue weighted by Crippen LogP contribution is 2.24. The topological polar surface area (TPSA) is 112 Å². The predicted octanol–water partition coefficient (Wildman–Crippen LogP) is 2.28. The third kappa shape index (κ3) is 3.93. The van der Waals surface area contributed by atoms with Gasteiger partial charge in [-0.15, -0.1) is 0 Å². The highest BCUT2D eigenvalue weighted by Gasteiger charge is 2.21. The van der Waals surface area contributed by atoms with Gasteiger partial charge in [-0.3, -0.25) is 18.7 Å². The molecule has 0 fully saturated rings. The molecule has 0 aliphatic heterocycles. The molecule has 0 radical (unpaired) electrons. The van der Waals surface area contributed by atoms with Crippen LogP contribution in [0.5, 0.6) is 0 Å². The Labute approximate surface area is 194 Å². The molecule has 9 nitrogen and oxygen atoms in total. The largest absolute Gasteiger partial charge is 0.469 e. The smallest absolute Gasteiger partial charge is 0.335 e. The molecule has 2 aromatic heterocycles. The van der Waals surface area contributed by atoms with E-state index in [-0.39, 0.29) is 6.42 Å². The number of rotatable bonds is 5. The molecule has 0 N–H and O–H groups in total. The van der Waals surface area contributed by atoms with Crippen LogP contribution in [0.25, 0.3) is 22.6 Å². The lowest BCUT2D eigenvalue weighted by molar-refractivity contribution is -0.139. The molecule has 0 saturated carbocycles. The molecule has 0 spiro atoms. The van der Waals surface area contributed by atoms with Crippen molar-refractivity contribution in [2.45, 2.75) is 13.3 Å². The van der Waals surface area contributed by atoms with E-state index in [0.29, 0.717) is 39.5 Å². The molecule has 0 unspecified atom stereocenters. The summed E-state index contributed by atoms with van der Waals surface area (Å²) in [5.41, 5.74) is 2.64. The van der Waals surface area contributed by atoms with Crippen LogP contribution in [0.15, 0.2) is 70.4 Å². The van der Waals surface area contributed by atoms with E-state index in [1.165, 1.54) is 18.7 Å². The van der Waals surface area contributed by atoms with Gasteiger partial charge < -0.3 is 4.74 Å². The summed E-state index contributed by atoms with van der Waals surface area (Å²) in [6.07, 6.45) is 1.63. The van der Waals surface area contributed by atoms with E-state index in [1.54, 1.807) is 72.4 Å². The van der Waals surface area contributed by atoms with Gasteiger partial charge >= 0.3 is 11.7 Å². The number of hydrogen-bond acceptors (Lipinski definition) is 6. The van der Waals surface area contributed by atoms with E-state index in [4.69, 9.17) is 10.00 Å². The number of carbonyl (C=O) groups is 1. The zero-order valence-electron chi connectivity index (χ0n) is 18.8. The first-order valence-electron chi connectivity index (χ1n) is 10.4. The number of ether oxygens (including phenoxy) is 1. The standard InChI is InChI=1S/C25H21N5O4/c1-16-23(21-11-12-27-30(21)19-9-7-17(15-26)8-10-19)24(32)28(2)25(33)29(16)20-6-4-5-18(13-20)14-22(31)34-3/h4-13H,14H2,1-3H3. The van der Waals surface area contributed by atoms with Crippen LogP contribution >= 0.6 is 0 Å². The number of benzene rings is 2. The van der Waals surface area contributed by atoms with E-state index in [0.717, 1.165) is 4.57 Å². The molecule has 9 heteroatoms. The van der Waals surface area contributed by atoms with Gasteiger partial charge in [0.2, 0.25) is 0 Å². The van der Waals surface area contributed by atoms with Crippen molar-refractivity contribution in [1.82, 2.24) is 18.9 Å². The number of hydrogen-bond donors (Lipinski definition) is 0. The lowest BCUT2D eigenvalue weighted by Crippen LogP contribution is -2.40. The van der Waals surface area contributed by atoms with Gasteiger partial charge in [-0.2, -0.15) is 10.4 Å². The summed E-state index contributed by atoms with van der Waals surface area (Å²) >= 11 is 0. The van der Waals surface area contributed by atoms with Gasteiger partial charge in [-0.25, -0.2) is 9.48 Å². The lowest BCUT2D eigenvalue weighted by Gasteiger charge is -2.17. The Balaban J connectivity index is 1.92. The van der Waals surface area contributed by atoms with Crippen molar-refractivity contribution >= 4 is 5.97 Å². The first-order chi connectivity index (χ1) is 16.3. The molecule has 4 rings (SSSR count). The van der Waals surface area contributed by atoms with E-state index >= 15 is 0 Å². The maximum atomic E-state index is 13.2. The van der Waals surface area contributed by atoms with Crippen LogP contribution in [0.1, 0.15) is 16.8 Å². The van der Waals surface area contributed by atoms with Gasteiger partial charge in [0.05, 0.1) is 54.0 Å². The van der Waals surface area contributed by atoms with Crippen molar-refractivity contribution in [3.8, 4) is 28.7 Å². The predicted molar refractivity (Wildman–Crippen MR) is 125 cm³/mol. The van der Waals surface area contributed by atoms with E-state index < -0.39 is 17.2 Å². The summed E-state index contributed by atoms with van der Waals surface area (Å²) in [5, 5.41) is 13.4. The molecule has 4 aromatic rings. The fraction of sp³-hybridized carbons (Fsp3) is 0.160. The van der Waals surface area contributed by atoms with Crippen LogP contribution in [-0.4, -0.2) is 32.0 Å². The SMILES string of the molecule is COC(=O)Cc1cccc(-n2c(C)c(-c3ccnn3-c3ccc(C#N)cc3)c(=O)n(C)c2=O)c1. The van der Waals surface area contributed by atoms with Crippen molar-refractivity contribution in [1.29, 1.82) is 5.26 Å². The summed E-state index contributed by atoms with van der Waals surface area (Å²) in [5.74, 6) is -0.395.